The number of hydrogen-bond acceptors (Lipinski definition) is 4. The maximum absolute atomic E-state index is 11.3. The second kappa shape index (κ2) is 5.55. The summed E-state index contributed by atoms with van der Waals surface area (Å²) >= 11 is 0. The molecule has 0 aliphatic carbocycles. The van der Waals surface area contributed by atoms with Crippen LogP contribution >= 0.6 is 8.35 Å². The molecule has 0 aliphatic rings. The highest BCUT2D eigenvalue weighted by atomic mass is 31.0. The Labute approximate surface area is 101 Å². The standard InChI is InChI=1S/C11H12N3O2P/c1-2-16-10(15)8-14-13-12-11(17-14)9-6-4-3-5-7-9/h3-7H,2,8H2,1H3. The van der Waals surface area contributed by atoms with E-state index in [9.17, 15) is 4.79 Å². The van der Waals surface area contributed by atoms with E-state index in [1.54, 1.807) is 11.4 Å². The number of aromatic nitrogens is 3. The molecule has 17 heavy (non-hydrogen) atoms. The number of esters is 1. The van der Waals surface area contributed by atoms with Gasteiger partial charge in [0.1, 0.15) is 12.0 Å². The van der Waals surface area contributed by atoms with E-state index in [4.69, 9.17) is 4.74 Å². The lowest BCUT2D eigenvalue weighted by Crippen LogP contribution is -2.12. The highest BCUT2D eigenvalue weighted by molar-refractivity contribution is 7.29. The predicted octanol–water partition coefficient (Wildman–Crippen LogP) is 2.09. The molecule has 2 aromatic rings. The van der Waals surface area contributed by atoms with E-state index in [-0.39, 0.29) is 12.5 Å². The van der Waals surface area contributed by atoms with Crippen molar-refractivity contribution in [2.24, 2.45) is 0 Å². The smallest absolute Gasteiger partial charge is 0.328 e. The van der Waals surface area contributed by atoms with Crippen molar-refractivity contribution in [2.45, 2.75) is 13.5 Å². The number of nitrogens with zero attached hydrogens (tertiary/aromatic N) is 3. The van der Waals surface area contributed by atoms with Gasteiger partial charge in [0.2, 0.25) is 0 Å². The molecule has 0 spiro atoms. The Morgan fingerprint density at radius 1 is 1.41 bits per heavy atom. The van der Waals surface area contributed by atoms with E-state index in [2.05, 4.69) is 10.3 Å². The molecule has 1 aromatic carbocycles. The average molecular weight is 249 g/mol. The van der Waals surface area contributed by atoms with E-state index < -0.39 is 0 Å². The molecule has 2 rings (SSSR count). The van der Waals surface area contributed by atoms with E-state index >= 15 is 0 Å². The van der Waals surface area contributed by atoms with Crippen molar-refractivity contribution < 1.29 is 9.53 Å². The highest BCUT2D eigenvalue weighted by Crippen LogP contribution is 2.23. The van der Waals surface area contributed by atoms with Crippen molar-refractivity contribution in [1.29, 1.82) is 0 Å². The van der Waals surface area contributed by atoms with Gasteiger partial charge in [-0.3, -0.25) is 4.79 Å². The topological polar surface area (TPSA) is 57.0 Å². The van der Waals surface area contributed by atoms with Crippen LogP contribution in [0.4, 0.5) is 0 Å². The van der Waals surface area contributed by atoms with Gasteiger partial charge in [-0.1, -0.05) is 35.5 Å². The normalized spacial score (nSPS) is 10.6. The Morgan fingerprint density at radius 3 is 2.88 bits per heavy atom. The van der Waals surface area contributed by atoms with E-state index in [0.29, 0.717) is 6.61 Å². The summed E-state index contributed by atoms with van der Waals surface area (Å²) in [5.41, 5.74) is 1.86. The quantitative estimate of drug-likeness (QED) is 0.778. The fourth-order valence-corrected chi connectivity index (χ4v) is 2.16. The van der Waals surface area contributed by atoms with Crippen LogP contribution in [0.15, 0.2) is 30.3 Å². The van der Waals surface area contributed by atoms with Crippen LogP contribution in [0, 0.1) is 0 Å². The van der Waals surface area contributed by atoms with Gasteiger partial charge in [0.05, 0.1) is 15.0 Å². The van der Waals surface area contributed by atoms with Gasteiger partial charge in [-0.2, -0.15) is 0 Å². The Kier molecular flexibility index (Phi) is 3.83. The van der Waals surface area contributed by atoms with E-state index in [1.807, 2.05) is 30.3 Å². The molecule has 0 aliphatic heterocycles. The number of benzene rings is 1. The van der Waals surface area contributed by atoms with Crippen molar-refractivity contribution in [3.05, 3.63) is 30.3 Å². The first-order valence-corrected chi connectivity index (χ1v) is 6.13. The molecule has 5 nitrogen and oxygen atoms in total. The first kappa shape index (κ1) is 11.7. The summed E-state index contributed by atoms with van der Waals surface area (Å²) in [6.45, 7) is 2.30. The van der Waals surface area contributed by atoms with Crippen molar-refractivity contribution in [3.8, 4) is 11.0 Å². The Balaban J connectivity index is 2.09. The van der Waals surface area contributed by atoms with Crippen molar-refractivity contribution in [1.82, 2.24) is 14.8 Å². The Morgan fingerprint density at radius 2 is 2.18 bits per heavy atom. The Bertz CT molecular complexity index is 498. The third-order valence-corrected chi connectivity index (χ3v) is 3.05. The second-order valence-electron chi connectivity index (χ2n) is 3.31. The molecule has 0 fully saturated rings. The molecular formula is C11H12N3O2P. The lowest BCUT2D eigenvalue weighted by atomic mass is 10.2. The fourth-order valence-electron chi connectivity index (χ4n) is 1.34. The van der Waals surface area contributed by atoms with Crippen LogP contribution < -0.4 is 0 Å². The zero-order chi connectivity index (χ0) is 12.1. The summed E-state index contributed by atoms with van der Waals surface area (Å²) in [6.07, 6.45) is 0. The predicted molar refractivity (Wildman–Crippen MR) is 64.6 cm³/mol. The lowest BCUT2D eigenvalue weighted by Gasteiger charge is -1.99. The van der Waals surface area contributed by atoms with Crippen LogP contribution in [0.25, 0.3) is 11.0 Å². The third-order valence-electron chi connectivity index (χ3n) is 2.06. The molecule has 0 saturated carbocycles. The summed E-state index contributed by atoms with van der Waals surface area (Å²) in [5, 5.41) is 7.97. The van der Waals surface area contributed by atoms with E-state index in [0.717, 1.165) is 19.3 Å². The molecule has 1 heterocycles. The summed E-state index contributed by atoms with van der Waals surface area (Å²) < 4.78 is 6.42. The van der Waals surface area contributed by atoms with Gasteiger partial charge in [-0.15, -0.1) is 5.10 Å². The molecule has 0 N–H and O–H groups in total. The number of carbonyl (C=O) groups is 1. The van der Waals surface area contributed by atoms with Crippen LogP contribution in [0.1, 0.15) is 6.92 Å². The van der Waals surface area contributed by atoms with Crippen LogP contribution in [-0.4, -0.2) is 27.3 Å². The number of ether oxygens (including phenoxy) is 1. The lowest BCUT2D eigenvalue weighted by molar-refractivity contribution is -0.143. The van der Waals surface area contributed by atoms with Crippen LogP contribution in [0.3, 0.4) is 0 Å². The maximum atomic E-state index is 11.3. The zero-order valence-electron chi connectivity index (χ0n) is 9.41. The molecule has 0 radical (unpaired) electrons. The van der Waals surface area contributed by atoms with Gasteiger partial charge >= 0.3 is 5.97 Å². The summed E-state index contributed by atoms with van der Waals surface area (Å²) in [5.74, 6) is -0.284. The first-order valence-electron chi connectivity index (χ1n) is 5.28. The molecule has 6 heteroatoms. The van der Waals surface area contributed by atoms with Crippen molar-refractivity contribution in [3.63, 3.8) is 0 Å². The second-order valence-corrected chi connectivity index (χ2v) is 4.40. The van der Waals surface area contributed by atoms with Crippen LogP contribution in [-0.2, 0) is 16.1 Å². The average Bonchev–Trinajstić information content (AvgIpc) is 2.79. The number of hydrogen-bond donors (Lipinski definition) is 0. The van der Waals surface area contributed by atoms with Gasteiger partial charge in [0.25, 0.3) is 0 Å². The van der Waals surface area contributed by atoms with Gasteiger partial charge in [-0.25, -0.2) is 4.44 Å². The summed E-state index contributed by atoms with van der Waals surface area (Å²) in [7, 11) is 0.808. The fraction of sp³-hybridized carbons (Fsp3) is 0.273. The molecule has 0 saturated heterocycles. The molecular weight excluding hydrogens is 237 g/mol. The summed E-state index contributed by atoms with van der Waals surface area (Å²) in [6, 6.07) is 9.77. The minimum absolute atomic E-state index is 0.134. The van der Waals surface area contributed by atoms with Crippen LogP contribution in [0.5, 0.6) is 0 Å². The SMILES string of the molecule is CCOC(=O)Cn1nnc(-c2ccccc2)p1. The maximum Gasteiger partial charge on any atom is 0.328 e. The first-order chi connectivity index (χ1) is 8.29. The van der Waals surface area contributed by atoms with Gasteiger partial charge in [0.15, 0.2) is 0 Å². The summed E-state index contributed by atoms with van der Waals surface area (Å²) in [4.78, 5) is 11.3. The molecule has 0 bridgehead atoms. The molecule has 0 amide bonds. The van der Waals surface area contributed by atoms with Gasteiger partial charge in [-0.05, 0) is 6.92 Å². The van der Waals surface area contributed by atoms with Gasteiger partial charge < -0.3 is 4.74 Å². The number of rotatable bonds is 4. The highest BCUT2D eigenvalue weighted by Gasteiger charge is 2.08. The van der Waals surface area contributed by atoms with Crippen molar-refractivity contribution >= 4 is 14.3 Å². The largest absolute Gasteiger partial charge is 0.465 e. The monoisotopic (exact) mass is 249 g/mol. The molecule has 1 aromatic heterocycles. The minimum atomic E-state index is -0.284. The van der Waals surface area contributed by atoms with E-state index in [1.165, 1.54) is 0 Å². The molecule has 0 unspecified atom stereocenters. The minimum Gasteiger partial charge on any atom is -0.465 e. The molecule has 88 valence electrons. The number of carbonyl (C=O) groups excluding carboxylic acids is 1. The van der Waals surface area contributed by atoms with Crippen LogP contribution in [0.2, 0.25) is 0 Å². The third kappa shape index (κ3) is 3.11. The molecule has 0 atom stereocenters. The van der Waals surface area contributed by atoms with Gasteiger partial charge in [0, 0.05) is 5.56 Å². The zero-order valence-corrected chi connectivity index (χ0v) is 10.3. The van der Waals surface area contributed by atoms with Crippen molar-refractivity contribution in [2.75, 3.05) is 6.61 Å². The Hall–Kier alpha value is -1.74.